The molecule has 0 aromatic heterocycles. The number of hydrogen-bond acceptors (Lipinski definition) is 7. The van der Waals surface area contributed by atoms with E-state index in [0.29, 0.717) is 19.4 Å². The van der Waals surface area contributed by atoms with Gasteiger partial charge in [0.05, 0.1) is 56.8 Å². The lowest BCUT2D eigenvalue weighted by Gasteiger charge is -2.49. The van der Waals surface area contributed by atoms with Crippen LogP contribution in [0.25, 0.3) is 0 Å². The molecule has 1 heterocycles. The highest BCUT2D eigenvalue weighted by molar-refractivity contribution is 4.99. The van der Waals surface area contributed by atoms with Gasteiger partial charge in [0, 0.05) is 12.5 Å². The summed E-state index contributed by atoms with van der Waals surface area (Å²) < 4.78 is 19.4. The first kappa shape index (κ1) is 33.7. The molecule has 1 fully saturated rings. The Morgan fingerprint density at radius 1 is 0.889 bits per heavy atom. The van der Waals surface area contributed by atoms with Crippen LogP contribution < -0.4 is 0 Å². The second-order valence-corrected chi connectivity index (χ2v) is 10.5. The van der Waals surface area contributed by atoms with Crippen molar-refractivity contribution in [3.8, 4) is 0 Å². The topological polar surface area (TPSA) is 91.6 Å². The van der Waals surface area contributed by atoms with E-state index in [9.17, 15) is 15.3 Å². The van der Waals surface area contributed by atoms with Crippen LogP contribution in [0.5, 0.6) is 0 Å². The zero-order chi connectivity index (χ0) is 27.4. The number of hydrogen-bond donors (Lipinski definition) is 3. The van der Waals surface area contributed by atoms with Gasteiger partial charge in [0.25, 0.3) is 0 Å². The maximum absolute atomic E-state index is 11.3. The fraction of sp³-hybridized carbons (Fsp3) is 1.00. The molecule has 1 aliphatic rings. The second-order valence-electron chi connectivity index (χ2n) is 10.5. The number of aliphatic hydroxyl groups excluding tert-OH is 2. The summed E-state index contributed by atoms with van der Waals surface area (Å²) in [6.07, 6.45) is -1.48. The number of likely N-dealkylation sites (N-methyl/N-ethyl adjacent to an activating group) is 2. The molecule has 5 atom stereocenters. The van der Waals surface area contributed by atoms with Gasteiger partial charge in [0.2, 0.25) is 0 Å². The van der Waals surface area contributed by atoms with Crippen LogP contribution in [-0.2, 0) is 14.2 Å². The van der Waals surface area contributed by atoms with Gasteiger partial charge < -0.3 is 34.0 Å². The normalized spacial score (nSPS) is 25.8. The molecular formula is C28H59N2O6+. The average molecular weight is 520 g/mol. The first-order chi connectivity index (χ1) is 17.1. The molecule has 3 N–H and O–H groups in total. The van der Waals surface area contributed by atoms with Crippen LogP contribution in [0.4, 0.5) is 0 Å². The van der Waals surface area contributed by atoms with E-state index in [1.165, 1.54) is 0 Å². The van der Waals surface area contributed by atoms with Crippen LogP contribution in [0.15, 0.2) is 0 Å². The quantitative estimate of drug-likeness (QED) is 0.178. The third-order valence-corrected chi connectivity index (χ3v) is 8.91. The van der Waals surface area contributed by atoms with E-state index < -0.39 is 36.1 Å². The summed E-state index contributed by atoms with van der Waals surface area (Å²) in [6, 6.07) is 0. The van der Waals surface area contributed by atoms with E-state index in [4.69, 9.17) is 14.2 Å². The SMILES string of the molecule is CCC(CC)OC1OC(COCC[N+](CC)(CC)CCN(CC)CC)C(C(O)(CC)CC)C(O)C1O. The van der Waals surface area contributed by atoms with Gasteiger partial charge in [-0.1, -0.05) is 41.5 Å². The van der Waals surface area contributed by atoms with Gasteiger partial charge in [-0.2, -0.15) is 0 Å². The lowest BCUT2D eigenvalue weighted by molar-refractivity contribution is -0.924. The fourth-order valence-corrected chi connectivity index (χ4v) is 5.56. The third-order valence-electron chi connectivity index (χ3n) is 8.91. The Labute approximate surface area is 221 Å². The van der Waals surface area contributed by atoms with Crippen molar-refractivity contribution in [2.24, 2.45) is 5.92 Å². The Morgan fingerprint density at radius 3 is 1.94 bits per heavy atom. The predicted molar refractivity (Wildman–Crippen MR) is 145 cm³/mol. The molecule has 5 unspecified atom stereocenters. The molecule has 36 heavy (non-hydrogen) atoms. The molecule has 0 amide bonds. The average Bonchev–Trinajstić information content (AvgIpc) is 2.91. The van der Waals surface area contributed by atoms with Crippen molar-refractivity contribution in [3.63, 3.8) is 0 Å². The number of nitrogens with zero attached hydrogens (tertiary/aromatic N) is 2. The van der Waals surface area contributed by atoms with Crippen molar-refractivity contribution in [1.82, 2.24) is 4.90 Å². The second kappa shape index (κ2) is 16.6. The largest absolute Gasteiger partial charge is 0.390 e. The van der Waals surface area contributed by atoms with Gasteiger partial charge in [-0.3, -0.25) is 4.90 Å². The summed E-state index contributed by atoms with van der Waals surface area (Å²) in [5.74, 6) is -0.664. The summed E-state index contributed by atoms with van der Waals surface area (Å²) >= 11 is 0. The molecule has 0 aliphatic carbocycles. The summed E-state index contributed by atoms with van der Waals surface area (Å²) in [6.45, 7) is 24.8. The van der Waals surface area contributed by atoms with E-state index in [1.54, 1.807) is 0 Å². The Morgan fingerprint density at radius 2 is 1.47 bits per heavy atom. The van der Waals surface area contributed by atoms with Gasteiger partial charge in [0.15, 0.2) is 6.29 Å². The summed E-state index contributed by atoms with van der Waals surface area (Å²) in [5.41, 5.74) is -1.16. The summed E-state index contributed by atoms with van der Waals surface area (Å²) in [4.78, 5) is 2.46. The van der Waals surface area contributed by atoms with Gasteiger partial charge in [-0.15, -0.1) is 0 Å². The highest BCUT2D eigenvalue weighted by atomic mass is 16.7. The smallest absolute Gasteiger partial charge is 0.186 e. The lowest BCUT2D eigenvalue weighted by atomic mass is 9.73. The minimum absolute atomic E-state index is 0.0657. The molecule has 1 aliphatic heterocycles. The van der Waals surface area contributed by atoms with E-state index in [-0.39, 0.29) is 12.7 Å². The molecule has 0 bridgehead atoms. The van der Waals surface area contributed by atoms with Crippen molar-refractivity contribution in [2.75, 3.05) is 59.0 Å². The van der Waals surface area contributed by atoms with E-state index >= 15 is 0 Å². The lowest BCUT2D eigenvalue weighted by Crippen LogP contribution is -2.63. The molecule has 0 aromatic rings. The first-order valence-electron chi connectivity index (χ1n) is 14.7. The first-order valence-corrected chi connectivity index (χ1v) is 14.7. The van der Waals surface area contributed by atoms with Crippen molar-refractivity contribution < 1.29 is 34.0 Å². The number of rotatable bonds is 19. The van der Waals surface area contributed by atoms with Gasteiger partial charge in [-0.05, 0) is 52.6 Å². The van der Waals surface area contributed by atoms with E-state index in [2.05, 4.69) is 32.6 Å². The maximum atomic E-state index is 11.3. The van der Waals surface area contributed by atoms with Crippen molar-refractivity contribution >= 4 is 0 Å². The summed E-state index contributed by atoms with van der Waals surface area (Å²) in [5, 5.41) is 33.3. The zero-order valence-corrected chi connectivity index (χ0v) is 24.6. The maximum Gasteiger partial charge on any atom is 0.186 e. The van der Waals surface area contributed by atoms with Crippen molar-refractivity contribution in [3.05, 3.63) is 0 Å². The van der Waals surface area contributed by atoms with Crippen molar-refractivity contribution in [2.45, 2.75) is 117 Å². The molecular weight excluding hydrogens is 460 g/mol. The van der Waals surface area contributed by atoms with Gasteiger partial charge in [0.1, 0.15) is 12.6 Å². The van der Waals surface area contributed by atoms with Crippen LogP contribution >= 0.6 is 0 Å². The van der Waals surface area contributed by atoms with E-state index in [0.717, 1.165) is 63.1 Å². The molecule has 0 spiro atoms. The zero-order valence-electron chi connectivity index (χ0n) is 24.6. The molecule has 1 saturated heterocycles. The van der Waals surface area contributed by atoms with Crippen LogP contribution in [-0.4, -0.2) is 120 Å². The standard InChI is InChI=1S/C28H59N2O6/c1-9-22(10-2)35-27-26(32)25(31)24(28(33,11-3)12-4)23(36-27)21-34-20-19-30(15-7,16-8)18-17-29(13-5)14-6/h22-27,31-33H,9-21H2,1-8H3/q+1. The van der Waals surface area contributed by atoms with Crippen LogP contribution in [0.1, 0.15) is 81.1 Å². The van der Waals surface area contributed by atoms with Crippen molar-refractivity contribution in [1.29, 1.82) is 0 Å². The predicted octanol–water partition coefficient (Wildman–Crippen LogP) is 3.02. The number of aliphatic hydroxyl groups is 3. The van der Waals surface area contributed by atoms with Gasteiger partial charge in [-0.25, -0.2) is 0 Å². The Bertz CT molecular complexity index is 564. The molecule has 1 rings (SSSR count). The highest BCUT2D eigenvalue weighted by Gasteiger charge is 2.53. The number of quaternary nitrogens is 1. The molecule has 8 heteroatoms. The molecule has 0 saturated carbocycles. The van der Waals surface area contributed by atoms with E-state index in [1.807, 2.05) is 27.7 Å². The molecule has 8 nitrogen and oxygen atoms in total. The molecule has 0 aromatic carbocycles. The monoisotopic (exact) mass is 519 g/mol. The minimum Gasteiger partial charge on any atom is -0.390 e. The molecule has 216 valence electrons. The third kappa shape index (κ3) is 8.87. The Balaban J connectivity index is 2.94. The number of ether oxygens (including phenoxy) is 3. The summed E-state index contributed by atoms with van der Waals surface area (Å²) in [7, 11) is 0. The van der Waals surface area contributed by atoms with Gasteiger partial charge >= 0.3 is 0 Å². The fourth-order valence-electron chi connectivity index (χ4n) is 5.56. The van der Waals surface area contributed by atoms with Crippen LogP contribution in [0, 0.1) is 5.92 Å². The molecule has 0 radical (unpaired) electrons. The Kier molecular flexibility index (Phi) is 15.5. The Hall–Kier alpha value is -0.320. The highest BCUT2D eigenvalue weighted by Crippen LogP contribution is 2.38. The van der Waals surface area contributed by atoms with Crippen LogP contribution in [0.2, 0.25) is 0 Å². The van der Waals surface area contributed by atoms with Crippen LogP contribution in [0.3, 0.4) is 0 Å². The minimum atomic E-state index is -1.22.